The molecule has 2 heteroatoms. The van der Waals surface area contributed by atoms with Gasteiger partial charge < -0.3 is 5.11 Å². The predicted molar refractivity (Wildman–Crippen MR) is 69.9 cm³/mol. The summed E-state index contributed by atoms with van der Waals surface area (Å²) in [6.45, 7) is 11.0. The number of phenols is 1. The van der Waals surface area contributed by atoms with Gasteiger partial charge in [-0.05, 0) is 34.9 Å². The van der Waals surface area contributed by atoms with Crippen molar-refractivity contribution < 1.29 is 5.11 Å². The highest BCUT2D eigenvalue weighted by Crippen LogP contribution is 2.37. The Bertz CT molecular complexity index is 447. The third-order valence-electron chi connectivity index (χ3n) is 2.87. The SMILES string of the molecule is CC(C)(C)CC(C)(C)c1ccc(O)c(C#N)c1. The maximum absolute atomic E-state index is 9.51. The van der Waals surface area contributed by atoms with Crippen LogP contribution in [0.1, 0.15) is 52.2 Å². The van der Waals surface area contributed by atoms with Gasteiger partial charge in [0.15, 0.2) is 0 Å². The molecule has 0 saturated carbocycles. The molecule has 0 atom stereocenters. The third kappa shape index (κ3) is 3.49. The third-order valence-corrected chi connectivity index (χ3v) is 2.87. The van der Waals surface area contributed by atoms with Crippen LogP contribution in [0, 0.1) is 16.7 Å². The summed E-state index contributed by atoms with van der Waals surface area (Å²) in [5, 5.41) is 18.4. The molecule has 0 spiro atoms. The van der Waals surface area contributed by atoms with Crippen molar-refractivity contribution >= 4 is 0 Å². The van der Waals surface area contributed by atoms with Gasteiger partial charge in [0.25, 0.3) is 0 Å². The van der Waals surface area contributed by atoms with Gasteiger partial charge in [-0.25, -0.2) is 0 Å². The van der Waals surface area contributed by atoms with E-state index >= 15 is 0 Å². The van der Waals surface area contributed by atoms with Gasteiger partial charge in [0.05, 0.1) is 5.56 Å². The van der Waals surface area contributed by atoms with Crippen molar-refractivity contribution in [2.75, 3.05) is 0 Å². The van der Waals surface area contributed by atoms with Gasteiger partial charge in [-0.2, -0.15) is 5.26 Å². The topological polar surface area (TPSA) is 44.0 Å². The van der Waals surface area contributed by atoms with Crippen LogP contribution >= 0.6 is 0 Å². The van der Waals surface area contributed by atoms with E-state index in [-0.39, 0.29) is 16.6 Å². The maximum Gasteiger partial charge on any atom is 0.133 e. The molecule has 0 aliphatic heterocycles. The molecule has 92 valence electrons. The normalized spacial score (nSPS) is 12.2. The van der Waals surface area contributed by atoms with Gasteiger partial charge in [-0.1, -0.05) is 40.7 Å². The lowest BCUT2D eigenvalue weighted by Gasteiger charge is -2.33. The molecule has 1 aromatic carbocycles. The molecule has 0 aliphatic carbocycles. The number of hydrogen-bond acceptors (Lipinski definition) is 2. The minimum Gasteiger partial charge on any atom is -0.507 e. The summed E-state index contributed by atoms with van der Waals surface area (Å²) < 4.78 is 0. The lowest BCUT2D eigenvalue weighted by atomic mass is 9.72. The molecule has 0 fully saturated rings. The number of phenolic OH excluding ortho intramolecular Hbond substituents is 1. The molecular formula is C15H21NO. The lowest BCUT2D eigenvalue weighted by Crippen LogP contribution is -2.24. The van der Waals surface area contributed by atoms with Crippen LogP contribution in [0.3, 0.4) is 0 Å². The Kier molecular flexibility index (Phi) is 3.52. The Labute approximate surface area is 104 Å². The summed E-state index contributed by atoms with van der Waals surface area (Å²) in [6, 6.07) is 7.33. The van der Waals surface area contributed by atoms with Crippen LogP contribution in [-0.2, 0) is 5.41 Å². The molecule has 2 nitrogen and oxygen atoms in total. The molecule has 0 radical (unpaired) electrons. The Morgan fingerprint density at radius 3 is 2.24 bits per heavy atom. The molecule has 0 heterocycles. The van der Waals surface area contributed by atoms with E-state index in [1.165, 1.54) is 0 Å². The minimum atomic E-state index is -0.00243. The molecule has 1 aromatic rings. The molecule has 0 bridgehead atoms. The maximum atomic E-state index is 9.51. The first-order valence-corrected chi connectivity index (χ1v) is 5.89. The van der Waals surface area contributed by atoms with Crippen molar-refractivity contribution in [1.29, 1.82) is 5.26 Å². The lowest BCUT2D eigenvalue weighted by molar-refractivity contribution is 0.284. The van der Waals surface area contributed by atoms with Gasteiger partial charge in [-0.15, -0.1) is 0 Å². The molecule has 0 aliphatic rings. The average Bonchev–Trinajstić information content (AvgIpc) is 2.14. The summed E-state index contributed by atoms with van der Waals surface area (Å²) in [7, 11) is 0. The van der Waals surface area contributed by atoms with Crippen LogP contribution in [0.25, 0.3) is 0 Å². The van der Waals surface area contributed by atoms with Gasteiger partial charge in [0.1, 0.15) is 11.8 Å². The van der Waals surface area contributed by atoms with Crippen molar-refractivity contribution in [3.63, 3.8) is 0 Å². The van der Waals surface area contributed by atoms with Crippen molar-refractivity contribution in [3.05, 3.63) is 29.3 Å². The highest BCUT2D eigenvalue weighted by atomic mass is 16.3. The van der Waals surface area contributed by atoms with Crippen LogP contribution in [0.2, 0.25) is 0 Å². The number of benzene rings is 1. The van der Waals surface area contributed by atoms with E-state index in [4.69, 9.17) is 5.26 Å². The predicted octanol–water partition coefficient (Wildman–Crippen LogP) is 3.98. The highest BCUT2D eigenvalue weighted by molar-refractivity contribution is 5.46. The Morgan fingerprint density at radius 2 is 1.76 bits per heavy atom. The van der Waals surface area contributed by atoms with Crippen LogP contribution in [-0.4, -0.2) is 5.11 Å². The fourth-order valence-corrected chi connectivity index (χ4v) is 2.47. The number of hydrogen-bond donors (Lipinski definition) is 1. The van der Waals surface area contributed by atoms with Crippen molar-refractivity contribution in [2.45, 2.75) is 46.5 Å². The first-order valence-electron chi connectivity index (χ1n) is 5.89. The highest BCUT2D eigenvalue weighted by Gasteiger charge is 2.27. The minimum absolute atomic E-state index is 0.00243. The Morgan fingerprint density at radius 1 is 1.18 bits per heavy atom. The summed E-state index contributed by atoms with van der Waals surface area (Å²) >= 11 is 0. The Hall–Kier alpha value is -1.49. The first kappa shape index (κ1) is 13.6. The van der Waals surface area contributed by atoms with Gasteiger partial charge in [0, 0.05) is 0 Å². The summed E-state index contributed by atoms with van der Waals surface area (Å²) in [6.07, 6.45) is 1.02. The van der Waals surface area contributed by atoms with E-state index in [9.17, 15) is 5.11 Å². The second-order valence-electron chi connectivity index (χ2n) is 6.47. The van der Waals surface area contributed by atoms with Gasteiger partial charge in [0.2, 0.25) is 0 Å². The molecule has 0 unspecified atom stereocenters. The van der Waals surface area contributed by atoms with Gasteiger partial charge in [-0.3, -0.25) is 0 Å². The van der Waals surface area contributed by atoms with Crippen molar-refractivity contribution in [3.8, 4) is 11.8 Å². The zero-order valence-electron chi connectivity index (χ0n) is 11.3. The molecule has 0 amide bonds. The number of nitrogens with zero attached hydrogens (tertiary/aromatic N) is 1. The molecule has 1 rings (SSSR count). The Balaban J connectivity index is 3.12. The fraction of sp³-hybridized carbons (Fsp3) is 0.533. The van der Waals surface area contributed by atoms with Crippen LogP contribution in [0.15, 0.2) is 18.2 Å². The van der Waals surface area contributed by atoms with E-state index in [1.54, 1.807) is 12.1 Å². The smallest absolute Gasteiger partial charge is 0.133 e. The zero-order valence-corrected chi connectivity index (χ0v) is 11.3. The first-order chi connectivity index (χ1) is 7.65. The number of rotatable bonds is 2. The monoisotopic (exact) mass is 231 g/mol. The second-order valence-corrected chi connectivity index (χ2v) is 6.47. The van der Waals surface area contributed by atoms with E-state index < -0.39 is 0 Å². The molecule has 17 heavy (non-hydrogen) atoms. The molecule has 1 N–H and O–H groups in total. The number of aromatic hydroxyl groups is 1. The molecular weight excluding hydrogens is 210 g/mol. The van der Waals surface area contributed by atoms with E-state index in [0.717, 1.165) is 12.0 Å². The standard InChI is InChI=1S/C15H21NO/c1-14(2,3)10-15(4,5)12-6-7-13(17)11(8-12)9-16/h6-8,17H,10H2,1-5H3. The van der Waals surface area contributed by atoms with Crippen LogP contribution in [0.5, 0.6) is 5.75 Å². The largest absolute Gasteiger partial charge is 0.507 e. The van der Waals surface area contributed by atoms with Gasteiger partial charge >= 0.3 is 0 Å². The van der Waals surface area contributed by atoms with E-state index in [0.29, 0.717) is 5.56 Å². The van der Waals surface area contributed by atoms with Crippen LogP contribution < -0.4 is 0 Å². The molecule has 0 saturated heterocycles. The summed E-state index contributed by atoms with van der Waals surface area (Å²) in [5.41, 5.74) is 1.68. The fourth-order valence-electron chi connectivity index (χ4n) is 2.47. The van der Waals surface area contributed by atoms with Crippen molar-refractivity contribution in [2.24, 2.45) is 5.41 Å². The summed E-state index contributed by atoms with van der Waals surface area (Å²) in [5.74, 6) is 0.0582. The number of nitriles is 1. The summed E-state index contributed by atoms with van der Waals surface area (Å²) in [4.78, 5) is 0. The average molecular weight is 231 g/mol. The quantitative estimate of drug-likeness (QED) is 0.836. The molecule has 0 aromatic heterocycles. The second kappa shape index (κ2) is 4.41. The van der Waals surface area contributed by atoms with E-state index in [1.807, 2.05) is 12.1 Å². The van der Waals surface area contributed by atoms with Crippen LogP contribution in [0.4, 0.5) is 0 Å². The van der Waals surface area contributed by atoms with E-state index in [2.05, 4.69) is 34.6 Å². The van der Waals surface area contributed by atoms with Crippen molar-refractivity contribution in [1.82, 2.24) is 0 Å². The zero-order chi connectivity index (χ0) is 13.3.